The molecule has 0 atom stereocenters. The number of nitro groups is 1. The fraction of sp³-hybridized carbons (Fsp3) is 0.263. The number of aromatic amines is 2. The number of hydrogen-bond acceptors (Lipinski definition) is 5. The van der Waals surface area contributed by atoms with Gasteiger partial charge in [0.05, 0.1) is 16.0 Å². The van der Waals surface area contributed by atoms with Crippen LogP contribution in [0.5, 0.6) is 0 Å². The average Bonchev–Trinajstić information content (AvgIpc) is 3.07. The predicted octanol–water partition coefficient (Wildman–Crippen LogP) is 2.62. The number of aromatic nitrogens is 2. The second kappa shape index (κ2) is 7.18. The summed E-state index contributed by atoms with van der Waals surface area (Å²) in [5.74, 6) is -0.251. The fourth-order valence-electron chi connectivity index (χ4n) is 3.62. The van der Waals surface area contributed by atoms with Crippen molar-refractivity contribution in [1.29, 1.82) is 0 Å². The molecule has 0 aliphatic carbocycles. The van der Waals surface area contributed by atoms with Gasteiger partial charge in [-0.05, 0) is 37.1 Å². The minimum Gasteiger partial charge on any atom is -0.366 e. The van der Waals surface area contributed by atoms with Crippen LogP contribution in [0.4, 0.5) is 17.1 Å². The van der Waals surface area contributed by atoms with E-state index in [-0.39, 0.29) is 28.1 Å². The third kappa shape index (κ3) is 3.46. The van der Waals surface area contributed by atoms with Crippen LogP contribution < -0.4 is 15.9 Å². The van der Waals surface area contributed by atoms with E-state index in [2.05, 4.69) is 15.3 Å². The van der Waals surface area contributed by atoms with E-state index in [1.165, 1.54) is 6.07 Å². The number of rotatable bonds is 4. The molecular formula is C19H19N5O4. The number of amides is 1. The van der Waals surface area contributed by atoms with Gasteiger partial charge in [0.1, 0.15) is 5.69 Å². The number of H-pyrrole nitrogens is 2. The highest BCUT2D eigenvalue weighted by Gasteiger charge is 2.28. The van der Waals surface area contributed by atoms with Crippen LogP contribution in [0.3, 0.4) is 0 Å². The topological polar surface area (TPSA) is 124 Å². The molecule has 1 amide bonds. The Morgan fingerprint density at radius 3 is 2.57 bits per heavy atom. The van der Waals surface area contributed by atoms with Crippen molar-refractivity contribution in [3.8, 4) is 0 Å². The molecule has 0 radical (unpaired) electrons. The molecule has 3 aromatic rings. The Bertz CT molecular complexity index is 1090. The van der Waals surface area contributed by atoms with E-state index in [0.717, 1.165) is 0 Å². The number of fused-ring (bicyclic) bond motifs is 1. The van der Waals surface area contributed by atoms with Crippen molar-refractivity contribution in [3.05, 3.63) is 63.1 Å². The summed E-state index contributed by atoms with van der Waals surface area (Å²) < 4.78 is 0. The quantitative estimate of drug-likeness (QED) is 0.473. The van der Waals surface area contributed by atoms with Gasteiger partial charge in [-0.1, -0.05) is 12.1 Å². The maximum Gasteiger partial charge on any atom is 0.323 e. The lowest BCUT2D eigenvalue weighted by molar-refractivity contribution is -0.384. The normalized spacial score (nSPS) is 14.9. The van der Waals surface area contributed by atoms with Gasteiger partial charge in [0.15, 0.2) is 0 Å². The molecule has 28 heavy (non-hydrogen) atoms. The predicted molar refractivity (Wildman–Crippen MR) is 106 cm³/mol. The molecule has 2 heterocycles. The van der Waals surface area contributed by atoms with Crippen molar-refractivity contribution in [2.75, 3.05) is 23.3 Å². The molecule has 0 spiro atoms. The summed E-state index contributed by atoms with van der Waals surface area (Å²) in [6, 6.07) is 11.9. The monoisotopic (exact) mass is 381 g/mol. The van der Waals surface area contributed by atoms with E-state index in [1.807, 2.05) is 4.90 Å². The Hall–Kier alpha value is -3.62. The molecule has 9 heteroatoms. The lowest BCUT2D eigenvalue weighted by atomic mass is 9.95. The smallest absolute Gasteiger partial charge is 0.323 e. The summed E-state index contributed by atoms with van der Waals surface area (Å²) in [6.45, 7) is 1.15. The molecule has 0 bridgehead atoms. The number of carbonyl (C=O) groups is 1. The van der Waals surface area contributed by atoms with Crippen LogP contribution in [-0.2, 0) is 4.79 Å². The molecule has 4 rings (SSSR count). The first-order chi connectivity index (χ1) is 13.5. The number of hydrogen-bond donors (Lipinski definition) is 3. The zero-order valence-corrected chi connectivity index (χ0v) is 15.0. The van der Waals surface area contributed by atoms with E-state index in [9.17, 15) is 19.7 Å². The van der Waals surface area contributed by atoms with Gasteiger partial charge in [-0.3, -0.25) is 14.9 Å². The van der Waals surface area contributed by atoms with Crippen molar-refractivity contribution in [2.45, 2.75) is 12.8 Å². The average molecular weight is 381 g/mol. The van der Waals surface area contributed by atoms with Gasteiger partial charge in [-0.2, -0.15) is 0 Å². The standard InChI is InChI=1S/C19H19N5O4/c25-18(20-13-5-6-14-15(11-13)22-19(26)21-14)12-7-9-23(10-8-12)16-3-1-2-4-17(16)24(27)28/h1-6,11-12H,7-10H2,(H,20,25)(H2,21,22,26). The first kappa shape index (κ1) is 17.8. The summed E-state index contributed by atoms with van der Waals surface area (Å²) in [4.78, 5) is 42.1. The summed E-state index contributed by atoms with van der Waals surface area (Å²) in [6.07, 6.45) is 1.22. The van der Waals surface area contributed by atoms with Crippen LogP contribution >= 0.6 is 0 Å². The van der Waals surface area contributed by atoms with Crippen molar-refractivity contribution in [1.82, 2.24) is 9.97 Å². The first-order valence-corrected chi connectivity index (χ1v) is 9.02. The number of nitrogens with one attached hydrogen (secondary N) is 3. The summed E-state index contributed by atoms with van der Waals surface area (Å²) in [5.41, 5.74) is 2.32. The summed E-state index contributed by atoms with van der Waals surface area (Å²) >= 11 is 0. The Morgan fingerprint density at radius 2 is 1.82 bits per heavy atom. The largest absolute Gasteiger partial charge is 0.366 e. The highest BCUT2D eigenvalue weighted by atomic mass is 16.6. The third-order valence-corrected chi connectivity index (χ3v) is 5.07. The maximum atomic E-state index is 12.6. The highest BCUT2D eigenvalue weighted by Crippen LogP contribution is 2.31. The number of para-hydroxylation sites is 2. The Morgan fingerprint density at radius 1 is 1.11 bits per heavy atom. The number of imidazole rings is 1. The number of benzene rings is 2. The second-order valence-corrected chi connectivity index (χ2v) is 6.84. The van der Waals surface area contributed by atoms with E-state index < -0.39 is 0 Å². The number of piperidine rings is 1. The van der Waals surface area contributed by atoms with Crippen LogP contribution in [0.2, 0.25) is 0 Å². The lowest BCUT2D eigenvalue weighted by Crippen LogP contribution is -2.38. The minimum absolute atomic E-state index is 0.0826. The van der Waals surface area contributed by atoms with Crippen molar-refractivity contribution in [3.63, 3.8) is 0 Å². The fourth-order valence-corrected chi connectivity index (χ4v) is 3.62. The van der Waals surface area contributed by atoms with Crippen molar-refractivity contribution < 1.29 is 9.72 Å². The van der Waals surface area contributed by atoms with E-state index >= 15 is 0 Å². The van der Waals surface area contributed by atoms with Gasteiger partial charge in [0.2, 0.25) is 5.91 Å². The summed E-state index contributed by atoms with van der Waals surface area (Å²) in [7, 11) is 0. The molecule has 1 saturated heterocycles. The molecule has 1 fully saturated rings. The van der Waals surface area contributed by atoms with Crippen LogP contribution in [0, 0.1) is 16.0 Å². The highest BCUT2D eigenvalue weighted by molar-refractivity contribution is 5.94. The van der Waals surface area contributed by atoms with Crippen LogP contribution in [0.1, 0.15) is 12.8 Å². The molecule has 144 valence electrons. The maximum absolute atomic E-state index is 12.6. The van der Waals surface area contributed by atoms with Gasteiger partial charge < -0.3 is 20.2 Å². The first-order valence-electron chi connectivity index (χ1n) is 9.02. The Labute approximate surface area is 159 Å². The van der Waals surface area contributed by atoms with Crippen LogP contribution in [0.15, 0.2) is 47.3 Å². The van der Waals surface area contributed by atoms with Crippen LogP contribution in [0.25, 0.3) is 11.0 Å². The molecule has 0 unspecified atom stereocenters. The SMILES string of the molecule is O=C(Nc1ccc2[nH]c(=O)[nH]c2c1)C1CCN(c2ccccc2[N+](=O)[O-])CC1. The summed E-state index contributed by atoms with van der Waals surface area (Å²) in [5, 5.41) is 14.1. The number of carbonyl (C=O) groups excluding carboxylic acids is 1. The molecule has 9 nitrogen and oxygen atoms in total. The second-order valence-electron chi connectivity index (χ2n) is 6.84. The van der Waals surface area contributed by atoms with Crippen molar-refractivity contribution in [2.24, 2.45) is 5.92 Å². The van der Waals surface area contributed by atoms with Gasteiger partial charge in [0.25, 0.3) is 5.69 Å². The number of nitrogens with zero attached hydrogens (tertiary/aromatic N) is 2. The van der Waals surface area contributed by atoms with Crippen molar-refractivity contribution >= 4 is 34.0 Å². The molecule has 1 aromatic heterocycles. The lowest BCUT2D eigenvalue weighted by Gasteiger charge is -2.32. The molecule has 0 saturated carbocycles. The van der Waals surface area contributed by atoms with Gasteiger partial charge in [-0.25, -0.2) is 4.79 Å². The zero-order chi connectivity index (χ0) is 19.7. The number of anilines is 2. The van der Waals surface area contributed by atoms with Crippen LogP contribution in [-0.4, -0.2) is 33.9 Å². The molecule has 1 aliphatic heterocycles. The van der Waals surface area contributed by atoms with Gasteiger partial charge in [-0.15, -0.1) is 0 Å². The molecular weight excluding hydrogens is 362 g/mol. The minimum atomic E-state index is -0.379. The Kier molecular flexibility index (Phi) is 4.56. The van der Waals surface area contributed by atoms with E-state index in [4.69, 9.17) is 0 Å². The third-order valence-electron chi connectivity index (χ3n) is 5.07. The molecule has 3 N–H and O–H groups in total. The number of nitro benzene ring substituents is 1. The molecule has 1 aliphatic rings. The van der Waals surface area contributed by atoms with Gasteiger partial charge >= 0.3 is 5.69 Å². The van der Waals surface area contributed by atoms with E-state index in [1.54, 1.807) is 36.4 Å². The Balaban J connectivity index is 1.41. The van der Waals surface area contributed by atoms with E-state index in [0.29, 0.717) is 48.3 Å². The van der Waals surface area contributed by atoms with Gasteiger partial charge in [0, 0.05) is 30.8 Å². The molecule has 2 aromatic carbocycles. The zero-order valence-electron chi connectivity index (χ0n) is 15.0.